The second-order valence-electron chi connectivity index (χ2n) is 11.4. The second kappa shape index (κ2) is 11.4. The van der Waals surface area contributed by atoms with Gasteiger partial charge in [0, 0.05) is 16.5 Å². The molecule has 4 aromatic rings. The van der Waals surface area contributed by atoms with Gasteiger partial charge in [0.2, 0.25) is 17.6 Å². The Morgan fingerprint density at radius 2 is 1.60 bits per heavy atom. The molecule has 3 aromatic carbocycles. The number of carbonyl (C=O) groups is 4. The van der Waals surface area contributed by atoms with Crippen LogP contribution in [0.2, 0.25) is 0 Å². The zero-order valence-corrected chi connectivity index (χ0v) is 24.3. The van der Waals surface area contributed by atoms with Crippen molar-refractivity contribution in [1.82, 2.24) is 4.98 Å². The molecule has 6 rings (SSSR count). The Kier molecular flexibility index (Phi) is 7.52. The van der Waals surface area contributed by atoms with E-state index < -0.39 is 12.1 Å². The Balaban J connectivity index is 1.26. The van der Waals surface area contributed by atoms with E-state index in [9.17, 15) is 19.2 Å². The number of fused-ring (bicyclic) bond motifs is 2. The highest BCUT2D eigenvalue weighted by Crippen LogP contribution is 2.42. The summed E-state index contributed by atoms with van der Waals surface area (Å²) in [6, 6.07) is 22.6. The molecule has 8 heteroatoms. The number of carbonyl (C=O) groups excluding carboxylic acids is 4. The number of nitrogens with zero attached hydrogens (tertiary/aromatic N) is 2. The molecule has 8 nitrogen and oxygen atoms in total. The first-order valence-electron chi connectivity index (χ1n) is 14.5. The first-order chi connectivity index (χ1) is 20.7. The lowest BCUT2D eigenvalue weighted by Crippen LogP contribution is -2.30. The molecular weight excluding hydrogens is 544 g/mol. The third kappa shape index (κ3) is 5.29. The summed E-state index contributed by atoms with van der Waals surface area (Å²) in [4.78, 5) is 58.8. The molecule has 4 atom stereocenters. The number of anilines is 1. The molecule has 1 aromatic heterocycles. The fraction of sp³-hybridized carbons (Fsp3) is 0.286. The zero-order valence-electron chi connectivity index (χ0n) is 24.3. The van der Waals surface area contributed by atoms with Crippen LogP contribution in [0.3, 0.4) is 0 Å². The summed E-state index contributed by atoms with van der Waals surface area (Å²) >= 11 is 0. The number of benzene rings is 3. The number of imide groups is 1. The molecule has 1 aliphatic heterocycles. The summed E-state index contributed by atoms with van der Waals surface area (Å²) in [7, 11) is 1.55. The highest BCUT2D eigenvalue weighted by molar-refractivity contribution is 6.22. The molecule has 1 saturated carbocycles. The lowest BCUT2D eigenvalue weighted by Gasteiger charge is -2.25. The van der Waals surface area contributed by atoms with Gasteiger partial charge in [-0.25, -0.2) is 9.78 Å². The molecule has 2 fully saturated rings. The molecule has 1 saturated heterocycles. The van der Waals surface area contributed by atoms with Crippen molar-refractivity contribution < 1.29 is 28.7 Å². The van der Waals surface area contributed by atoms with Crippen molar-refractivity contribution in [3.63, 3.8) is 0 Å². The van der Waals surface area contributed by atoms with Crippen molar-refractivity contribution in [2.75, 3.05) is 12.0 Å². The molecule has 0 unspecified atom stereocenters. The van der Waals surface area contributed by atoms with E-state index in [0.29, 0.717) is 45.1 Å². The van der Waals surface area contributed by atoms with Crippen LogP contribution in [0, 0.1) is 17.8 Å². The molecule has 0 N–H and O–H groups in total. The average molecular weight is 577 g/mol. The molecule has 0 bridgehead atoms. The molecule has 0 radical (unpaired) electrons. The number of methoxy groups -OCH3 is 1. The smallest absolute Gasteiger partial charge is 0.339 e. The van der Waals surface area contributed by atoms with Gasteiger partial charge in [-0.3, -0.25) is 19.3 Å². The van der Waals surface area contributed by atoms with E-state index in [-0.39, 0.29) is 35.0 Å². The third-order valence-electron chi connectivity index (χ3n) is 8.57. The molecule has 0 spiro atoms. The predicted octanol–water partition coefficient (Wildman–Crippen LogP) is 6.26. The SMILES string of the molecule is COc1ccc(C(=O)[C@H](C)OC(=O)c2cc(-c3ccc(N4C(=O)[C@H]5CC[C@@H](C)C[C@@H]5C4=O)cc3)nc3ccccc23)cc1. The van der Waals surface area contributed by atoms with Gasteiger partial charge in [0.05, 0.1) is 41.4 Å². The number of Topliss-reactive ketones (excluding diaryl/α,β-unsaturated/α-hetero) is 1. The first kappa shape index (κ1) is 28.3. The Bertz CT molecular complexity index is 1730. The van der Waals surface area contributed by atoms with Crippen LogP contribution in [0.15, 0.2) is 78.9 Å². The van der Waals surface area contributed by atoms with Crippen LogP contribution >= 0.6 is 0 Å². The van der Waals surface area contributed by atoms with E-state index in [4.69, 9.17) is 14.5 Å². The largest absolute Gasteiger partial charge is 0.497 e. The number of pyridine rings is 1. The van der Waals surface area contributed by atoms with Gasteiger partial charge in [-0.1, -0.05) is 37.3 Å². The van der Waals surface area contributed by atoms with Gasteiger partial charge in [0.1, 0.15) is 5.75 Å². The maximum absolute atomic E-state index is 13.4. The maximum Gasteiger partial charge on any atom is 0.339 e. The van der Waals surface area contributed by atoms with Gasteiger partial charge < -0.3 is 9.47 Å². The molecule has 2 amide bonds. The van der Waals surface area contributed by atoms with Crippen molar-refractivity contribution >= 4 is 40.2 Å². The van der Waals surface area contributed by atoms with Crippen molar-refractivity contribution in [3.05, 3.63) is 90.0 Å². The highest BCUT2D eigenvalue weighted by Gasteiger charge is 2.49. The monoisotopic (exact) mass is 576 g/mol. The van der Waals surface area contributed by atoms with Crippen LogP contribution in [-0.2, 0) is 14.3 Å². The number of ether oxygens (including phenoxy) is 2. The lowest BCUT2D eigenvalue weighted by molar-refractivity contribution is -0.122. The molecular formula is C35H32N2O6. The summed E-state index contributed by atoms with van der Waals surface area (Å²) in [5.74, 6) is -0.645. The van der Waals surface area contributed by atoms with Gasteiger partial charge in [-0.2, -0.15) is 0 Å². The van der Waals surface area contributed by atoms with Crippen LogP contribution in [-0.4, -0.2) is 41.8 Å². The summed E-state index contributed by atoms with van der Waals surface area (Å²) < 4.78 is 10.8. The Morgan fingerprint density at radius 3 is 2.33 bits per heavy atom. The summed E-state index contributed by atoms with van der Waals surface area (Å²) in [5, 5.41) is 0.599. The van der Waals surface area contributed by atoms with E-state index in [1.807, 2.05) is 12.1 Å². The summed E-state index contributed by atoms with van der Waals surface area (Å²) in [6.07, 6.45) is 1.43. The van der Waals surface area contributed by atoms with E-state index in [1.165, 1.54) is 4.90 Å². The number of rotatable bonds is 7. The quantitative estimate of drug-likeness (QED) is 0.145. The summed E-state index contributed by atoms with van der Waals surface area (Å²) in [6.45, 7) is 3.68. The minimum Gasteiger partial charge on any atom is -0.497 e. The van der Waals surface area contributed by atoms with Crippen molar-refractivity contribution in [3.8, 4) is 17.0 Å². The zero-order chi connectivity index (χ0) is 30.2. The number of amides is 2. The van der Waals surface area contributed by atoms with Gasteiger partial charge in [0.15, 0.2) is 6.10 Å². The fourth-order valence-electron chi connectivity index (χ4n) is 6.19. The minimum atomic E-state index is -1.02. The number of para-hydroxylation sites is 1. The molecule has 1 aliphatic carbocycles. The Labute approximate surface area is 249 Å². The van der Waals surface area contributed by atoms with E-state index in [0.717, 1.165) is 19.3 Å². The number of esters is 1. The Morgan fingerprint density at radius 1 is 0.907 bits per heavy atom. The van der Waals surface area contributed by atoms with Gasteiger partial charge in [-0.05, 0) is 80.6 Å². The van der Waals surface area contributed by atoms with Gasteiger partial charge in [0.25, 0.3) is 0 Å². The number of hydrogen-bond donors (Lipinski definition) is 0. The fourth-order valence-corrected chi connectivity index (χ4v) is 6.19. The predicted molar refractivity (Wildman–Crippen MR) is 162 cm³/mol. The number of ketones is 1. The van der Waals surface area contributed by atoms with E-state index in [2.05, 4.69) is 6.92 Å². The molecule has 218 valence electrons. The minimum absolute atomic E-state index is 0.123. The highest BCUT2D eigenvalue weighted by atomic mass is 16.5. The Hall–Kier alpha value is -4.85. The van der Waals surface area contributed by atoms with Crippen LogP contribution < -0.4 is 9.64 Å². The van der Waals surface area contributed by atoms with Crippen LogP contribution in [0.1, 0.15) is 53.8 Å². The average Bonchev–Trinajstić information content (AvgIpc) is 3.28. The lowest BCUT2D eigenvalue weighted by atomic mass is 9.76. The maximum atomic E-state index is 13.4. The standard InChI is InChI=1S/C35H32N2O6/c1-20-8-17-27-28(18-20)34(40)37(33(27)39)24-13-9-22(10-14-24)31-19-29(26-6-4-5-7-30(26)36-31)35(41)43-21(2)32(38)23-11-15-25(42-3)16-12-23/h4-7,9-16,19-21,27-28H,8,17-18H2,1-3H3/t20-,21+,27+,28+/m1/s1. The van der Waals surface area contributed by atoms with Gasteiger partial charge >= 0.3 is 5.97 Å². The normalized spacial score (nSPS) is 20.5. The van der Waals surface area contributed by atoms with E-state index >= 15 is 0 Å². The number of hydrogen-bond acceptors (Lipinski definition) is 7. The van der Waals surface area contributed by atoms with Crippen LogP contribution in [0.4, 0.5) is 5.69 Å². The van der Waals surface area contributed by atoms with Crippen LogP contribution in [0.5, 0.6) is 5.75 Å². The van der Waals surface area contributed by atoms with Crippen molar-refractivity contribution in [1.29, 1.82) is 0 Å². The topological polar surface area (TPSA) is 103 Å². The van der Waals surface area contributed by atoms with Crippen molar-refractivity contribution in [2.24, 2.45) is 17.8 Å². The molecule has 43 heavy (non-hydrogen) atoms. The number of aromatic nitrogens is 1. The molecule has 2 heterocycles. The molecule has 2 aliphatic rings. The van der Waals surface area contributed by atoms with Crippen molar-refractivity contribution in [2.45, 2.75) is 39.2 Å². The summed E-state index contributed by atoms with van der Waals surface area (Å²) in [5.41, 5.74) is 3.04. The van der Waals surface area contributed by atoms with Gasteiger partial charge in [-0.15, -0.1) is 0 Å². The van der Waals surface area contributed by atoms with E-state index in [1.54, 1.807) is 80.8 Å². The second-order valence-corrected chi connectivity index (χ2v) is 11.4. The first-order valence-corrected chi connectivity index (χ1v) is 14.5. The third-order valence-corrected chi connectivity index (χ3v) is 8.57. The van der Waals surface area contributed by atoms with Crippen LogP contribution in [0.25, 0.3) is 22.2 Å².